The molecule has 0 bridgehead atoms. The van der Waals surface area contributed by atoms with Crippen LogP contribution in [0.5, 0.6) is 0 Å². The fourth-order valence-electron chi connectivity index (χ4n) is 3.77. The molecule has 0 aromatic rings. The summed E-state index contributed by atoms with van der Waals surface area (Å²) < 4.78 is 0. The molecular weight excluding hydrogens is 298 g/mol. The molecule has 2 rings (SSSR count). The fraction of sp³-hybridized carbons (Fsp3) is 0.842. The van der Waals surface area contributed by atoms with Crippen LogP contribution in [-0.4, -0.2) is 74.7 Å². The molecule has 0 saturated carbocycles. The molecule has 138 valence electrons. The van der Waals surface area contributed by atoms with Crippen LogP contribution in [-0.2, 0) is 0 Å². The normalized spacial score (nSPS) is 24.8. The van der Waals surface area contributed by atoms with Gasteiger partial charge in [-0.1, -0.05) is 12.2 Å². The summed E-state index contributed by atoms with van der Waals surface area (Å²) in [6.45, 7) is 15.9. The van der Waals surface area contributed by atoms with E-state index in [1.165, 1.54) is 44.3 Å². The van der Waals surface area contributed by atoms with Gasteiger partial charge in [-0.2, -0.15) is 0 Å². The Morgan fingerprint density at radius 1 is 1.21 bits per heavy atom. The summed E-state index contributed by atoms with van der Waals surface area (Å²) in [6, 6.07) is 0.540. The SMILES string of the molecule is C=C(C)CN1CCC(NC(=NCC2CCCN(C)C2)NCC)CC1. The third-order valence-corrected chi connectivity index (χ3v) is 5.00. The van der Waals surface area contributed by atoms with Crippen molar-refractivity contribution >= 4 is 5.96 Å². The number of hydrogen-bond acceptors (Lipinski definition) is 3. The van der Waals surface area contributed by atoms with Gasteiger partial charge in [-0.25, -0.2) is 0 Å². The third-order valence-electron chi connectivity index (χ3n) is 5.00. The van der Waals surface area contributed by atoms with E-state index < -0.39 is 0 Å². The number of piperidine rings is 2. The third kappa shape index (κ3) is 6.81. The van der Waals surface area contributed by atoms with E-state index in [4.69, 9.17) is 4.99 Å². The first-order valence-corrected chi connectivity index (χ1v) is 9.67. The summed E-state index contributed by atoms with van der Waals surface area (Å²) in [5.41, 5.74) is 1.26. The van der Waals surface area contributed by atoms with Gasteiger partial charge in [0.25, 0.3) is 0 Å². The fourth-order valence-corrected chi connectivity index (χ4v) is 3.77. The van der Waals surface area contributed by atoms with Crippen LogP contribution in [0.15, 0.2) is 17.1 Å². The molecule has 24 heavy (non-hydrogen) atoms. The summed E-state index contributed by atoms with van der Waals surface area (Å²) in [5, 5.41) is 7.08. The minimum absolute atomic E-state index is 0.540. The van der Waals surface area contributed by atoms with Gasteiger partial charge in [0, 0.05) is 45.3 Å². The van der Waals surface area contributed by atoms with Gasteiger partial charge in [-0.15, -0.1) is 0 Å². The Bertz CT molecular complexity index is 412. The number of hydrogen-bond donors (Lipinski definition) is 2. The topological polar surface area (TPSA) is 42.9 Å². The van der Waals surface area contributed by atoms with Crippen molar-refractivity contribution in [3.8, 4) is 0 Å². The number of nitrogens with zero attached hydrogens (tertiary/aromatic N) is 3. The molecule has 0 radical (unpaired) electrons. The zero-order chi connectivity index (χ0) is 17.4. The Morgan fingerprint density at radius 3 is 2.58 bits per heavy atom. The summed E-state index contributed by atoms with van der Waals surface area (Å²) in [7, 11) is 2.22. The zero-order valence-corrected chi connectivity index (χ0v) is 16.0. The molecule has 2 heterocycles. The minimum Gasteiger partial charge on any atom is -0.357 e. The summed E-state index contributed by atoms with van der Waals surface area (Å²) in [4.78, 5) is 9.81. The molecule has 1 atom stereocenters. The highest BCUT2D eigenvalue weighted by Gasteiger charge is 2.20. The average molecular weight is 336 g/mol. The number of guanidine groups is 1. The lowest BCUT2D eigenvalue weighted by atomic mass is 9.99. The number of likely N-dealkylation sites (tertiary alicyclic amines) is 2. The Hall–Kier alpha value is -1.07. The van der Waals surface area contributed by atoms with E-state index in [1.54, 1.807) is 0 Å². The Labute approximate surface area is 148 Å². The molecule has 0 aromatic heterocycles. The Balaban J connectivity index is 1.78. The highest BCUT2D eigenvalue weighted by atomic mass is 15.2. The first-order valence-electron chi connectivity index (χ1n) is 9.67. The van der Waals surface area contributed by atoms with E-state index in [9.17, 15) is 0 Å². The van der Waals surface area contributed by atoms with Crippen molar-refractivity contribution < 1.29 is 0 Å². The van der Waals surface area contributed by atoms with E-state index in [0.29, 0.717) is 12.0 Å². The van der Waals surface area contributed by atoms with Crippen molar-refractivity contribution in [2.45, 2.75) is 45.6 Å². The molecule has 5 nitrogen and oxygen atoms in total. The van der Waals surface area contributed by atoms with E-state index in [2.05, 4.69) is 47.9 Å². The average Bonchev–Trinajstić information content (AvgIpc) is 2.54. The Kier molecular flexibility index (Phi) is 8.06. The predicted molar refractivity (Wildman–Crippen MR) is 104 cm³/mol. The van der Waals surface area contributed by atoms with Crippen molar-refractivity contribution in [1.29, 1.82) is 0 Å². The lowest BCUT2D eigenvalue weighted by Crippen LogP contribution is -2.49. The highest BCUT2D eigenvalue weighted by molar-refractivity contribution is 5.80. The Morgan fingerprint density at radius 2 is 1.96 bits per heavy atom. The second-order valence-electron chi connectivity index (χ2n) is 7.64. The van der Waals surface area contributed by atoms with E-state index in [0.717, 1.165) is 38.7 Å². The molecule has 0 aromatic carbocycles. The maximum atomic E-state index is 4.87. The van der Waals surface area contributed by atoms with E-state index in [-0.39, 0.29) is 0 Å². The molecule has 0 aliphatic carbocycles. The molecule has 0 spiro atoms. The van der Waals surface area contributed by atoms with Gasteiger partial charge in [0.05, 0.1) is 0 Å². The quantitative estimate of drug-likeness (QED) is 0.442. The van der Waals surface area contributed by atoms with Crippen LogP contribution in [0.4, 0.5) is 0 Å². The number of aliphatic imine (C=N–C) groups is 1. The van der Waals surface area contributed by atoms with Gasteiger partial charge < -0.3 is 15.5 Å². The largest absolute Gasteiger partial charge is 0.357 e. The van der Waals surface area contributed by atoms with Crippen LogP contribution in [0.3, 0.4) is 0 Å². The molecule has 2 saturated heterocycles. The molecular formula is C19H37N5. The van der Waals surface area contributed by atoms with Crippen LogP contribution in [0, 0.1) is 5.92 Å². The van der Waals surface area contributed by atoms with E-state index in [1.807, 2.05) is 0 Å². The minimum atomic E-state index is 0.540. The maximum absolute atomic E-state index is 4.87. The summed E-state index contributed by atoms with van der Waals surface area (Å²) >= 11 is 0. The van der Waals surface area contributed by atoms with Crippen LogP contribution in [0.1, 0.15) is 39.5 Å². The van der Waals surface area contributed by atoms with E-state index >= 15 is 0 Å². The second kappa shape index (κ2) is 10.0. The molecule has 2 aliphatic heterocycles. The second-order valence-corrected chi connectivity index (χ2v) is 7.64. The molecule has 2 aliphatic rings. The standard InChI is InChI=1S/C19H37N5/c1-5-20-19(21-13-17-7-6-10-23(4)15-17)22-18-8-11-24(12-9-18)14-16(2)3/h17-18H,2,5-15H2,1,3-4H3,(H2,20,21,22). The van der Waals surface area contributed by atoms with Gasteiger partial charge in [-0.3, -0.25) is 9.89 Å². The van der Waals surface area contributed by atoms with Gasteiger partial charge >= 0.3 is 0 Å². The molecule has 2 N–H and O–H groups in total. The molecule has 2 fully saturated rings. The summed E-state index contributed by atoms with van der Waals surface area (Å²) in [5.74, 6) is 1.71. The number of rotatable bonds is 6. The van der Waals surface area contributed by atoms with Crippen molar-refractivity contribution in [3.63, 3.8) is 0 Å². The van der Waals surface area contributed by atoms with Crippen molar-refractivity contribution in [2.24, 2.45) is 10.9 Å². The van der Waals surface area contributed by atoms with Crippen molar-refractivity contribution in [3.05, 3.63) is 12.2 Å². The zero-order valence-electron chi connectivity index (χ0n) is 16.0. The smallest absolute Gasteiger partial charge is 0.191 e. The first kappa shape index (κ1) is 19.3. The maximum Gasteiger partial charge on any atom is 0.191 e. The van der Waals surface area contributed by atoms with Gasteiger partial charge in [0.2, 0.25) is 0 Å². The van der Waals surface area contributed by atoms with Crippen molar-refractivity contribution in [1.82, 2.24) is 20.4 Å². The lowest BCUT2D eigenvalue weighted by molar-refractivity contribution is 0.213. The van der Waals surface area contributed by atoms with Gasteiger partial charge in [0.15, 0.2) is 5.96 Å². The van der Waals surface area contributed by atoms with Crippen molar-refractivity contribution in [2.75, 3.05) is 52.9 Å². The van der Waals surface area contributed by atoms with Crippen LogP contribution < -0.4 is 10.6 Å². The predicted octanol–water partition coefficient (Wildman–Crippen LogP) is 1.92. The molecule has 1 unspecified atom stereocenters. The highest BCUT2D eigenvalue weighted by Crippen LogP contribution is 2.15. The first-order chi connectivity index (χ1) is 11.6. The monoisotopic (exact) mass is 335 g/mol. The van der Waals surface area contributed by atoms with Gasteiger partial charge in [-0.05, 0) is 59.0 Å². The van der Waals surface area contributed by atoms with Crippen LogP contribution >= 0.6 is 0 Å². The summed E-state index contributed by atoms with van der Waals surface area (Å²) in [6.07, 6.45) is 4.99. The van der Waals surface area contributed by atoms with Crippen LogP contribution in [0.25, 0.3) is 0 Å². The lowest BCUT2D eigenvalue weighted by Gasteiger charge is -2.33. The van der Waals surface area contributed by atoms with Crippen LogP contribution in [0.2, 0.25) is 0 Å². The molecule has 0 amide bonds. The van der Waals surface area contributed by atoms with Gasteiger partial charge in [0.1, 0.15) is 0 Å². The number of nitrogens with one attached hydrogen (secondary N) is 2. The molecule has 5 heteroatoms.